The summed E-state index contributed by atoms with van der Waals surface area (Å²) >= 11 is 9.47. The van der Waals surface area contributed by atoms with E-state index in [0.29, 0.717) is 13.1 Å². The number of aliphatic carboxylic acids is 1. The number of hydrogen-bond donors (Lipinski definition) is 2. The van der Waals surface area contributed by atoms with E-state index in [1.807, 2.05) is 10.4 Å². The first-order valence-electron chi connectivity index (χ1n) is 6.89. The zero-order valence-electron chi connectivity index (χ0n) is 13.4. The lowest BCUT2D eigenvalue weighted by molar-refractivity contribution is -0.137. The zero-order chi connectivity index (χ0) is 19.7. The van der Waals surface area contributed by atoms with Crippen molar-refractivity contribution in [1.82, 2.24) is 4.31 Å². The maximum atomic E-state index is 11.0. The van der Waals surface area contributed by atoms with Gasteiger partial charge in [0, 0.05) is 79.7 Å². The number of aliphatic hydroxyl groups is 1. The third-order valence-corrected chi connectivity index (χ3v) is 9.10. The number of carbonyl (C=O) groups is 2. The Morgan fingerprint density at radius 1 is 1.35 bits per heavy atom. The van der Waals surface area contributed by atoms with Gasteiger partial charge in [-0.15, -0.1) is 11.3 Å². The quantitative estimate of drug-likeness (QED) is 0.211. The SMILES string of the molecule is CO.O=CCN(SI)c1cc(Br)c2scc(CN(CC(=O)O)SI)c2c1. The number of anilines is 1. The summed E-state index contributed by atoms with van der Waals surface area (Å²) in [6.45, 7) is 0.827. The van der Waals surface area contributed by atoms with E-state index in [4.69, 9.17) is 10.2 Å². The predicted molar refractivity (Wildman–Crippen MR) is 132 cm³/mol. The van der Waals surface area contributed by atoms with E-state index in [0.717, 1.165) is 39.2 Å². The fourth-order valence-electron chi connectivity index (χ4n) is 2.08. The maximum Gasteiger partial charge on any atom is 0.318 e. The Balaban J connectivity index is 0.00000163. The highest BCUT2D eigenvalue weighted by atomic mass is 127. The second-order valence-electron chi connectivity index (χ2n) is 4.62. The lowest BCUT2D eigenvalue weighted by Gasteiger charge is -2.19. The van der Waals surface area contributed by atoms with Gasteiger partial charge in [0.2, 0.25) is 0 Å². The number of benzene rings is 1. The van der Waals surface area contributed by atoms with Crippen molar-refractivity contribution in [2.75, 3.05) is 24.5 Å². The standard InChI is InChI=1S/C13H11BrI2N2O3S3.CH4O/c14-11-4-9(18(24-16)1-2-19)3-10-8(7-22-13(10)11)5-17(23-15)6-12(20)21;1-2/h2-4,7H,1,5-6H2,(H,20,21);2H,1H3. The molecule has 0 amide bonds. The molecule has 2 rings (SSSR count). The van der Waals surface area contributed by atoms with Gasteiger partial charge in [0.15, 0.2) is 0 Å². The summed E-state index contributed by atoms with van der Waals surface area (Å²) in [6, 6.07) is 4.05. The van der Waals surface area contributed by atoms with Crippen molar-refractivity contribution in [3.8, 4) is 0 Å². The van der Waals surface area contributed by atoms with Gasteiger partial charge in [-0.3, -0.25) is 4.79 Å². The van der Waals surface area contributed by atoms with Crippen LogP contribution in [0.2, 0.25) is 0 Å². The molecule has 144 valence electrons. The van der Waals surface area contributed by atoms with E-state index in [1.54, 1.807) is 15.6 Å². The van der Waals surface area contributed by atoms with Crippen molar-refractivity contribution < 1.29 is 19.8 Å². The molecule has 6 nitrogen and oxygen atoms in total. The van der Waals surface area contributed by atoms with Gasteiger partial charge in [0.05, 0.1) is 12.2 Å². The fourth-order valence-corrected chi connectivity index (χ4v) is 6.41. The van der Waals surface area contributed by atoms with Gasteiger partial charge in [-0.1, -0.05) is 0 Å². The normalized spacial score (nSPS) is 10.5. The van der Waals surface area contributed by atoms with Crippen molar-refractivity contribution >= 4 is 116 Å². The van der Waals surface area contributed by atoms with Crippen LogP contribution in [0.1, 0.15) is 5.56 Å². The molecule has 12 heteroatoms. The average Bonchev–Trinajstić information content (AvgIpc) is 3.03. The molecule has 0 radical (unpaired) electrons. The Bertz CT molecular complexity index is 750. The first kappa shape index (κ1) is 24.7. The molecular weight excluding hydrogens is 690 g/mol. The molecule has 26 heavy (non-hydrogen) atoms. The van der Waals surface area contributed by atoms with Gasteiger partial charge >= 0.3 is 5.97 Å². The Kier molecular flexibility index (Phi) is 12.4. The summed E-state index contributed by atoms with van der Waals surface area (Å²) in [5, 5.41) is 19.1. The molecule has 0 saturated carbocycles. The van der Waals surface area contributed by atoms with E-state index < -0.39 is 5.97 Å². The minimum atomic E-state index is -0.848. The molecule has 1 aromatic heterocycles. The molecule has 0 aliphatic heterocycles. The van der Waals surface area contributed by atoms with Crippen molar-refractivity contribution in [2.45, 2.75) is 6.54 Å². The molecule has 0 aliphatic carbocycles. The van der Waals surface area contributed by atoms with Crippen molar-refractivity contribution in [2.24, 2.45) is 0 Å². The van der Waals surface area contributed by atoms with Crippen LogP contribution in [0.15, 0.2) is 22.0 Å². The molecule has 1 heterocycles. The number of nitrogens with zero attached hydrogens (tertiary/aromatic N) is 2. The first-order chi connectivity index (χ1) is 12.5. The van der Waals surface area contributed by atoms with E-state index in [2.05, 4.69) is 69.8 Å². The average molecular weight is 705 g/mol. The van der Waals surface area contributed by atoms with Gasteiger partial charge in [-0.05, 0) is 48.1 Å². The Morgan fingerprint density at radius 2 is 2.04 bits per heavy atom. The Morgan fingerprint density at radius 3 is 2.58 bits per heavy atom. The number of carbonyl (C=O) groups excluding carboxylic acids is 1. The minimum Gasteiger partial charge on any atom is -0.480 e. The molecule has 2 aromatic rings. The summed E-state index contributed by atoms with van der Waals surface area (Å²) in [7, 11) is 3.85. The van der Waals surface area contributed by atoms with Crippen molar-refractivity contribution in [3.05, 3.63) is 27.5 Å². The molecule has 0 fully saturated rings. The number of thiophene rings is 1. The van der Waals surface area contributed by atoms with Crippen LogP contribution in [0, 0.1) is 0 Å². The van der Waals surface area contributed by atoms with E-state index >= 15 is 0 Å². The second kappa shape index (κ2) is 13.0. The number of hydrogen-bond acceptors (Lipinski definition) is 8. The molecule has 0 bridgehead atoms. The van der Waals surface area contributed by atoms with Gasteiger partial charge in [-0.2, -0.15) is 0 Å². The molecule has 0 atom stereocenters. The number of aliphatic hydroxyl groups excluding tert-OH is 1. The van der Waals surface area contributed by atoms with Gasteiger partial charge in [0.25, 0.3) is 0 Å². The van der Waals surface area contributed by atoms with Crippen LogP contribution in [-0.4, -0.2) is 47.0 Å². The van der Waals surface area contributed by atoms with Crippen LogP contribution >= 0.6 is 87.9 Å². The zero-order valence-corrected chi connectivity index (χ0v) is 21.7. The number of fused-ring (bicyclic) bond motifs is 1. The number of carboxylic acid groups (broad SMARTS) is 1. The van der Waals surface area contributed by atoms with Crippen LogP contribution < -0.4 is 4.31 Å². The third kappa shape index (κ3) is 6.93. The molecule has 2 N–H and O–H groups in total. The van der Waals surface area contributed by atoms with Crippen LogP contribution in [0.25, 0.3) is 10.1 Å². The molecule has 0 saturated heterocycles. The minimum absolute atomic E-state index is 0.0212. The topological polar surface area (TPSA) is 81.1 Å². The summed E-state index contributed by atoms with van der Waals surface area (Å²) < 4.78 is 5.79. The molecule has 0 unspecified atom stereocenters. The van der Waals surface area contributed by atoms with E-state index in [-0.39, 0.29) is 6.54 Å². The summed E-state index contributed by atoms with van der Waals surface area (Å²) in [6.07, 6.45) is 0.875. The largest absolute Gasteiger partial charge is 0.480 e. The van der Waals surface area contributed by atoms with Gasteiger partial charge < -0.3 is 19.3 Å². The number of halogens is 3. The first-order valence-corrected chi connectivity index (χ1v) is 15.2. The molecular formula is C14H15BrI2N2O4S3. The second-order valence-corrected chi connectivity index (χ2v) is 9.95. The monoisotopic (exact) mass is 704 g/mol. The van der Waals surface area contributed by atoms with Crippen LogP contribution in [0.5, 0.6) is 0 Å². The van der Waals surface area contributed by atoms with Crippen LogP contribution in [0.3, 0.4) is 0 Å². The Hall–Kier alpha value is 0.680. The van der Waals surface area contributed by atoms with Gasteiger partial charge in [-0.25, -0.2) is 4.31 Å². The maximum absolute atomic E-state index is 11.0. The fraction of sp³-hybridized carbons (Fsp3) is 0.286. The summed E-state index contributed by atoms with van der Waals surface area (Å²) in [5.41, 5.74) is 2.01. The van der Waals surface area contributed by atoms with Crippen molar-refractivity contribution in [3.63, 3.8) is 0 Å². The third-order valence-electron chi connectivity index (χ3n) is 3.06. The van der Waals surface area contributed by atoms with Gasteiger partial charge in [0.1, 0.15) is 12.8 Å². The summed E-state index contributed by atoms with van der Waals surface area (Å²) in [4.78, 5) is 21.8. The smallest absolute Gasteiger partial charge is 0.318 e. The highest BCUT2D eigenvalue weighted by Crippen LogP contribution is 2.39. The predicted octanol–water partition coefficient (Wildman–Crippen LogP) is 5.16. The molecule has 0 spiro atoms. The van der Waals surface area contributed by atoms with Crippen molar-refractivity contribution in [1.29, 1.82) is 0 Å². The van der Waals surface area contributed by atoms with Crippen LogP contribution in [-0.2, 0) is 16.1 Å². The van der Waals surface area contributed by atoms with E-state index in [9.17, 15) is 9.59 Å². The number of carboxylic acids is 1. The summed E-state index contributed by atoms with van der Waals surface area (Å²) in [5.74, 6) is -0.848. The highest BCUT2D eigenvalue weighted by Gasteiger charge is 2.16. The molecule has 1 aromatic carbocycles. The lowest BCUT2D eigenvalue weighted by atomic mass is 10.1. The number of rotatable bonds is 9. The van der Waals surface area contributed by atoms with Crippen LogP contribution in [0.4, 0.5) is 5.69 Å². The van der Waals surface area contributed by atoms with E-state index in [1.165, 1.54) is 18.2 Å². The Labute approximate surface area is 196 Å². The lowest BCUT2D eigenvalue weighted by Crippen LogP contribution is -2.21. The molecule has 0 aliphatic rings. The number of aldehydes is 1. The highest BCUT2D eigenvalue weighted by molar-refractivity contribution is 14.2.